The average Bonchev–Trinajstić information content (AvgIpc) is 2.70. The Kier molecular flexibility index (Phi) is 3.89. The minimum absolute atomic E-state index is 0.0518. The zero-order chi connectivity index (χ0) is 15.0. The summed E-state index contributed by atoms with van der Waals surface area (Å²) < 4.78 is 29.0. The Bertz CT molecular complexity index is 682. The number of carbonyl (C=O) groups excluding carboxylic acids is 1. The van der Waals surface area contributed by atoms with Crippen molar-refractivity contribution in [2.75, 3.05) is 14.1 Å². The third-order valence-corrected chi connectivity index (χ3v) is 3.34. The van der Waals surface area contributed by atoms with E-state index < -0.39 is 11.6 Å². The number of hydrogen-bond donors (Lipinski definition) is 0. The number of benzene rings is 1. The van der Waals surface area contributed by atoms with Crippen LogP contribution in [0.4, 0.5) is 8.78 Å². The molecule has 2 rings (SSSR count). The van der Waals surface area contributed by atoms with Gasteiger partial charge in [0.15, 0.2) is 5.82 Å². The summed E-state index contributed by atoms with van der Waals surface area (Å²) in [4.78, 5) is 13.5. The Morgan fingerprint density at radius 3 is 2.45 bits per heavy atom. The number of halogens is 3. The standard InChI is InChI=1S/C13H12BrF2N3O/c1-18(2)13(20)8-4-9(14)10(15)5-7(8)12-11(16)6-19(3)17-12/h4-6H,1-3H3. The van der Waals surface area contributed by atoms with Crippen molar-refractivity contribution in [2.24, 2.45) is 7.05 Å². The third kappa shape index (κ3) is 2.58. The van der Waals surface area contributed by atoms with Gasteiger partial charge in [-0.25, -0.2) is 8.78 Å². The maximum atomic E-state index is 13.8. The summed E-state index contributed by atoms with van der Waals surface area (Å²) in [5.41, 5.74) is 0.257. The molecule has 1 aromatic carbocycles. The Morgan fingerprint density at radius 1 is 1.30 bits per heavy atom. The van der Waals surface area contributed by atoms with Gasteiger partial charge in [0.1, 0.15) is 11.5 Å². The molecular formula is C13H12BrF2N3O. The topological polar surface area (TPSA) is 38.1 Å². The van der Waals surface area contributed by atoms with E-state index in [2.05, 4.69) is 21.0 Å². The van der Waals surface area contributed by atoms with Gasteiger partial charge in [-0.2, -0.15) is 5.10 Å². The molecule has 0 aliphatic rings. The van der Waals surface area contributed by atoms with Gasteiger partial charge in [0, 0.05) is 26.7 Å². The van der Waals surface area contributed by atoms with Gasteiger partial charge in [-0.3, -0.25) is 9.48 Å². The van der Waals surface area contributed by atoms with E-state index in [9.17, 15) is 13.6 Å². The van der Waals surface area contributed by atoms with Crippen molar-refractivity contribution >= 4 is 21.8 Å². The molecule has 0 bridgehead atoms. The van der Waals surface area contributed by atoms with Gasteiger partial charge in [0.2, 0.25) is 0 Å². The van der Waals surface area contributed by atoms with Gasteiger partial charge in [-0.1, -0.05) is 0 Å². The zero-order valence-electron chi connectivity index (χ0n) is 11.1. The molecule has 0 aliphatic heterocycles. The fourth-order valence-corrected chi connectivity index (χ4v) is 2.15. The quantitative estimate of drug-likeness (QED) is 0.840. The first-order chi connectivity index (χ1) is 9.31. The summed E-state index contributed by atoms with van der Waals surface area (Å²) in [5.74, 6) is -1.55. The van der Waals surface area contributed by atoms with Gasteiger partial charge in [0.25, 0.3) is 5.91 Å². The van der Waals surface area contributed by atoms with Crippen LogP contribution in [0.1, 0.15) is 10.4 Å². The van der Waals surface area contributed by atoms with Gasteiger partial charge in [0.05, 0.1) is 16.2 Å². The smallest absolute Gasteiger partial charge is 0.254 e. The van der Waals surface area contributed by atoms with Crippen LogP contribution in [0.5, 0.6) is 0 Å². The van der Waals surface area contributed by atoms with E-state index in [4.69, 9.17) is 0 Å². The van der Waals surface area contributed by atoms with Crippen LogP contribution in [0.25, 0.3) is 11.3 Å². The molecule has 0 radical (unpaired) electrons. The molecule has 7 heteroatoms. The molecule has 1 amide bonds. The Morgan fingerprint density at radius 2 is 1.95 bits per heavy atom. The van der Waals surface area contributed by atoms with Crippen LogP contribution in [0.15, 0.2) is 22.8 Å². The number of aromatic nitrogens is 2. The first-order valence-corrected chi connectivity index (χ1v) is 6.50. The van der Waals surface area contributed by atoms with E-state index in [1.54, 1.807) is 21.1 Å². The summed E-state index contributed by atoms with van der Waals surface area (Å²) in [6.07, 6.45) is 1.17. The fourth-order valence-electron chi connectivity index (χ4n) is 1.80. The van der Waals surface area contributed by atoms with Crippen LogP contribution in [0.2, 0.25) is 0 Å². The van der Waals surface area contributed by atoms with Crippen LogP contribution >= 0.6 is 15.9 Å². The first kappa shape index (κ1) is 14.6. The molecule has 20 heavy (non-hydrogen) atoms. The van der Waals surface area contributed by atoms with Crippen molar-refractivity contribution in [3.05, 3.63) is 40.0 Å². The zero-order valence-corrected chi connectivity index (χ0v) is 12.7. The van der Waals surface area contributed by atoms with E-state index >= 15 is 0 Å². The molecule has 0 spiro atoms. The van der Waals surface area contributed by atoms with Crippen molar-refractivity contribution in [1.29, 1.82) is 0 Å². The molecular weight excluding hydrogens is 332 g/mol. The predicted octanol–water partition coefficient (Wildman–Crippen LogP) is 2.83. The minimum atomic E-state index is -0.609. The number of rotatable bonds is 2. The fraction of sp³-hybridized carbons (Fsp3) is 0.231. The van der Waals surface area contributed by atoms with Crippen molar-refractivity contribution in [1.82, 2.24) is 14.7 Å². The second-order valence-electron chi connectivity index (χ2n) is 4.51. The number of hydrogen-bond acceptors (Lipinski definition) is 2. The van der Waals surface area contributed by atoms with Gasteiger partial charge in [-0.15, -0.1) is 0 Å². The number of amides is 1. The highest BCUT2D eigenvalue weighted by Gasteiger charge is 2.21. The number of aryl methyl sites for hydroxylation is 1. The lowest BCUT2D eigenvalue weighted by Gasteiger charge is -2.14. The minimum Gasteiger partial charge on any atom is -0.345 e. The Labute approximate surface area is 123 Å². The summed E-state index contributed by atoms with van der Waals surface area (Å²) >= 11 is 3.03. The van der Waals surface area contributed by atoms with E-state index in [-0.39, 0.29) is 27.2 Å². The maximum Gasteiger partial charge on any atom is 0.254 e. The molecule has 0 unspecified atom stereocenters. The number of carbonyl (C=O) groups is 1. The summed E-state index contributed by atoms with van der Waals surface area (Å²) in [6.45, 7) is 0. The molecule has 0 atom stereocenters. The summed E-state index contributed by atoms with van der Waals surface area (Å²) in [5, 5.41) is 3.94. The largest absolute Gasteiger partial charge is 0.345 e. The summed E-state index contributed by atoms with van der Waals surface area (Å²) in [6, 6.07) is 2.44. The lowest BCUT2D eigenvalue weighted by atomic mass is 10.0. The molecule has 4 nitrogen and oxygen atoms in total. The normalized spacial score (nSPS) is 10.7. The van der Waals surface area contributed by atoms with Crippen molar-refractivity contribution in [3.8, 4) is 11.3 Å². The Hall–Kier alpha value is -1.76. The van der Waals surface area contributed by atoms with Gasteiger partial charge in [-0.05, 0) is 28.1 Å². The average molecular weight is 344 g/mol. The van der Waals surface area contributed by atoms with E-state index in [1.807, 2.05) is 0 Å². The molecule has 0 saturated carbocycles. The molecule has 0 N–H and O–H groups in total. The van der Waals surface area contributed by atoms with Crippen LogP contribution in [0, 0.1) is 11.6 Å². The predicted molar refractivity (Wildman–Crippen MR) is 74.3 cm³/mol. The van der Waals surface area contributed by atoms with Crippen molar-refractivity contribution in [2.45, 2.75) is 0 Å². The van der Waals surface area contributed by atoms with E-state index in [1.165, 1.54) is 21.8 Å². The SMILES string of the molecule is CN(C)C(=O)c1cc(Br)c(F)cc1-c1nn(C)cc1F. The highest BCUT2D eigenvalue weighted by Crippen LogP contribution is 2.30. The van der Waals surface area contributed by atoms with E-state index in [0.717, 1.165) is 6.07 Å². The van der Waals surface area contributed by atoms with Crippen molar-refractivity contribution < 1.29 is 13.6 Å². The highest BCUT2D eigenvalue weighted by molar-refractivity contribution is 9.10. The molecule has 0 fully saturated rings. The molecule has 0 aliphatic carbocycles. The van der Waals surface area contributed by atoms with Crippen LogP contribution in [0.3, 0.4) is 0 Å². The second-order valence-corrected chi connectivity index (χ2v) is 5.37. The van der Waals surface area contributed by atoms with Crippen LogP contribution < -0.4 is 0 Å². The number of nitrogens with zero attached hydrogens (tertiary/aromatic N) is 3. The highest BCUT2D eigenvalue weighted by atomic mass is 79.9. The lowest BCUT2D eigenvalue weighted by molar-refractivity contribution is 0.0828. The molecule has 106 valence electrons. The molecule has 0 saturated heterocycles. The Balaban J connectivity index is 2.71. The molecule has 1 aromatic heterocycles. The second kappa shape index (κ2) is 5.32. The van der Waals surface area contributed by atoms with E-state index in [0.29, 0.717) is 0 Å². The van der Waals surface area contributed by atoms with Gasteiger partial charge >= 0.3 is 0 Å². The third-order valence-electron chi connectivity index (χ3n) is 2.74. The maximum absolute atomic E-state index is 13.8. The lowest BCUT2D eigenvalue weighted by Crippen LogP contribution is -2.22. The van der Waals surface area contributed by atoms with Crippen molar-refractivity contribution in [3.63, 3.8) is 0 Å². The van der Waals surface area contributed by atoms with Gasteiger partial charge < -0.3 is 4.90 Å². The van der Waals surface area contributed by atoms with Crippen LogP contribution in [-0.4, -0.2) is 34.7 Å². The summed E-state index contributed by atoms with van der Waals surface area (Å²) in [7, 11) is 4.69. The monoisotopic (exact) mass is 343 g/mol. The van der Waals surface area contributed by atoms with Crippen LogP contribution in [-0.2, 0) is 7.05 Å². The molecule has 1 heterocycles. The molecule has 2 aromatic rings. The first-order valence-electron chi connectivity index (χ1n) is 5.71.